The maximum Gasteiger partial charge on any atom is 0.222 e. The van der Waals surface area contributed by atoms with Gasteiger partial charge in [0, 0.05) is 18.9 Å². The maximum absolute atomic E-state index is 5.88. The Morgan fingerprint density at radius 1 is 1.10 bits per heavy atom. The number of ether oxygens (including phenoxy) is 2. The fraction of sp³-hybridized carbons (Fsp3) is 0.412. The van der Waals surface area contributed by atoms with Gasteiger partial charge in [0.25, 0.3) is 0 Å². The van der Waals surface area contributed by atoms with Crippen LogP contribution < -0.4 is 4.74 Å². The van der Waals surface area contributed by atoms with Crippen LogP contribution in [-0.4, -0.2) is 17.1 Å². The third kappa shape index (κ3) is 4.26. The van der Waals surface area contributed by atoms with E-state index in [1.165, 1.54) is 5.56 Å². The van der Waals surface area contributed by atoms with Crippen LogP contribution in [0.2, 0.25) is 0 Å². The molecular weight excluding hydrogens is 264 g/mol. The molecule has 0 aliphatic carbocycles. The molecule has 112 valence electrons. The second kappa shape index (κ2) is 6.22. The molecule has 0 aliphatic heterocycles. The zero-order valence-corrected chi connectivity index (χ0v) is 13.3. The molecule has 0 unspecified atom stereocenters. The minimum absolute atomic E-state index is 0.0855. The Hall–Kier alpha value is -1.94. The minimum Gasteiger partial charge on any atom is -0.439 e. The van der Waals surface area contributed by atoms with E-state index in [9.17, 15) is 0 Å². The first-order valence-corrected chi connectivity index (χ1v) is 7.00. The Morgan fingerprint density at radius 3 is 2.52 bits per heavy atom. The van der Waals surface area contributed by atoms with Gasteiger partial charge in [-0.15, -0.1) is 0 Å². The van der Waals surface area contributed by atoms with Crippen LogP contribution in [0.25, 0.3) is 0 Å². The predicted molar refractivity (Wildman–Crippen MR) is 82.7 cm³/mol. The molecule has 2 rings (SSSR count). The van der Waals surface area contributed by atoms with E-state index in [4.69, 9.17) is 9.47 Å². The molecule has 0 spiro atoms. The third-order valence-corrected chi connectivity index (χ3v) is 3.07. The largest absolute Gasteiger partial charge is 0.439 e. The summed E-state index contributed by atoms with van der Waals surface area (Å²) in [5, 5.41) is 0. The summed E-state index contributed by atoms with van der Waals surface area (Å²) in [6.07, 6.45) is 0. The molecule has 0 radical (unpaired) electrons. The van der Waals surface area contributed by atoms with Crippen molar-refractivity contribution in [1.29, 1.82) is 0 Å². The first-order valence-electron chi connectivity index (χ1n) is 7.00. The summed E-state index contributed by atoms with van der Waals surface area (Å²) < 4.78 is 10.9. The zero-order chi connectivity index (χ0) is 15.5. The van der Waals surface area contributed by atoms with E-state index >= 15 is 0 Å². The van der Waals surface area contributed by atoms with E-state index in [-0.39, 0.29) is 5.41 Å². The monoisotopic (exact) mass is 286 g/mol. The number of rotatable bonds is 4. The van der Waals surface area contributed by atoms with Crippen LogP contribution in [-0.2, 0) is 16.8 Å². The molecule has 0 saturated carbocycles. The summed E-state index contributed by atoms with van der Waals surface area (Å²) in [4.78, 5) is 8.66. The van der Waals surface area contributed by atoms with Gasteiger partial charge < -0.3 is 9.47 Å². The summed E-state index contributed by atoms with van der Waals surface area (Å²) >= 11 is 0. The van der Waals surface area contributed by atoms with Gasteiger partial charge in [-0.25, -0.2) is 4.98 Å². The fourth-order valence-corrected chi connectivity index (χ4v) is 1.99. The molecule has 4 heteroatoms. The molecular formula is C17H22N2O2. The van der Waals surface area contributed by atoms with Gasteiger partial charge in [0.1, 0.15) is 12.4 Å². The lowest BCUT2D eigenvalue weighted by molar-refractivity contribution is 0.177. The second-order valence-electron chi connectivity index (χ2n) is 6.08. The van der Waals surface area contributed by atoms with Crippen molar-refractivity contribution in [3.63, 3.8) is 0 Å². The van der Waals surface area contributed by atoms with Gasteiger partial charge in [-0.05, 0) is 30.0 Å². The van der Waals surface area contributed by atoms with Gasteiger partial charge in [-0.2, -0.15) is 4.98 Å². The standard InChI is InChI=1S/C17H22N2O2/c1-12-9-16(19-15(18-12)11-20-5)21-14-8-6-7-13(10-14)17(2,3)4/h6-10H,11H2,1-5H3. The maximum atomic E-state index is 5.88. The quantitative estimate of drug-likeness (QED) is 0.851. The molecule has 1 aromatic carbocycles. The van der Waals surface area contributed by atoms with Gasteiger partial charge in [0.15, 0.2) is 5.82 Å². The Morgan fingerprint density at radius 2 is 1.86 bits per heavy atom. The molecule has 1 heterocycles. The average molecular weight is 286 g/mol. The molecule has 0 aliphatic rings. The normalized spacial score (nSPS) is 11.5. The third-order valence-electron chi connectivity index (χ3n) is 3.07. The van der Waals surface area contributed by atoms with Crippen LogP contribution in [0.5, 0.6) is 11.6 Å². The summed E-state index contributed by atoms with van der Waals surface area (Å²) in [6.45, 7) is 8.83. The molecule has 0 amide bonds. The summed E-state index contributed by atoms with van der Waals surface area (Å²) in [5.74, 6) is 1.95. The molecule has 2 aromatic rings. The van der Waals surface area contributed by atoms with Crippen LogP contribution >= 0.6 is 0 Å². The van der Waals surface area contributed by atoms with Crippen molar-refractivity contribution in [1.82, 2.24) is 9.97 Å². The highest BCUT2D eigenvalue weighted by Gasteiger charge is 2.14. The summed E-state index contributed by atoms with van der Waals surface area (Å²) in [5.41, 5.74) is 2.17. The number of nitrogens with zero attached hydrogens (tertiary/aromatic N) is 2. The molecule has 1 aromatic heterocycles. The number of aryl methyl sites for hydroxylation is 1. The molecule has 0 bridgehead atoms. The van der Waals surface area contributed by atoms with Crippen LogP contribution in [0, 0.1) is 6.92 Å². The lowest BCUT2D eigenvalue weighted by atomic mass is 9.87. The number of hydrogen-bond donors (Lipinski definition) is 0. The number of methoxy groups -OCH3 is 1. The zero-order valence-electron chi connectivity index (χ0n) is 13.3. The van der Waals surface area contributed by atoms with E-state index in [0.717, 1.165) is 11.4 Å². The Kier molecular flexibility index (Phi) is 4.58. The Labute approximate surface area is 126 Å². The Balaban J connectivity index is 2.26. The van der Waals surface area contributed by atoms with Crippen molar-refractivity contribution in [3.05, 3.63) is 47.4 Å². The lowest BCUT2D eigenvalue weighted by Gasteiger charge is -2.19. The van der Waals surface area contributed by atoms with Gasteiger partial charge in [-0.3, -0.25) is 0 Å². The van der Waals surface area contributed by atoms with E-state index in [0.29, 0.717) is 18.3 Å². The minimum atomic E-state index is 0.0855. The van der Waals surface area contributed by atoms with Crippen molar-refractivity contribution < 1.29 is 9.47 Å². The van der Waals surface area contributed by atoms with Crippen LogP contribution in [0.4, 0.5) is 0 Å². The summed E-state index contributed by atoms with van der Waals surface area (Å²) in [7, 11) is 1.62. The smallest absolute Gasteiger partial charge is 0.222 e. The molecule has 21 heavy (non-hydrogen) atoms. The van der Waals surface area contributed by atoms with Crippen molar-refractivity contribution in [3.8, 4) is 11.6 Å². The molecule has 0 N–H and O–H groups in total. The molecule has 0 fully saturated rings. The van der Waals surface area contributed by atoms with E-state index in [1.807, 2.05) is 31.2 Å². The van der Waals surface area contributed by atoms with Crippen LogP contribution in [0.3, 0.4) is 0 Å². The van der Waals surface area contributed by atoms with Crippen molar-refractivity contribution in [2.75, 3.05) is 7.11 Å². The Bertz CT molecular complexity index is 618. The van der Waals surface area contributed by atoms with Crippen molar-refractivity contribution in [2.24, 2.45) is 0 Å². The molecule has 0 saturated heterocycles. The molecule has 4 nitrogen and oxygen atoms in total. The predicted octanol–water partition coefficient (Wildman–Crippen LogP) is 4.02. The molecule has 0 atom stereocenters. The van der Waals surface area contributed by atoms with Gasteiger partial charge in [0.2, 0.25) is 5.88 Å². The van der Waals surface area contributed by atoms with Crippen LogP contribution in [0.15, 0.2) is 30.3 Å². The fourth-order valence-electron chi connectivity index (χ4n) is 1.99. The van der Waals surface area contributed by atoms with Gasteiger partial charge >= 0.3 is 0 Å². The van der Waals surface area contributed by atoms with E-state index < -0.39 is 0 Å². The van der Waals surface area contributed by atoms with E-state index in [1.54, 1.807) is 7.11 Å². The lowest BCUT2D eigenvalue weighted by Crippen LogP contribution is -2.10. The highest BCUT2D eigenvalue weighted by atomic mass is 16.5. The first kappa shape index (κ1) is 15.4. The van der Waals surface area contributed by atoms with Crippen LogP contribution in [0.1, 0.15) is 37.9 Å². The van der Waals surface area contributed by atoms with E-state index in [2.05, 4.69) is 36.8 Å². The van der Waals surface area contributed by atoms with Gasteiger partial charge in [-0.1, -0.05) is 32.9 Å². The number of hydrogen-bond acceptors (Lipinski definition) is 4. The number of aromatic nitrogens is 2. The van der Waals surface area contributed by atoms with Crippen molar-refractivity contribution in [2.45, 2.75) is 39.7 Å². The SMILES string of the molecule is COCc1nc(C)cc(Oc2cccc(C(C)(C)C)c2)n1. The summed E-state index contributed by atoms with van der Waals surface area (Å²) in [6, 6.07) is 9.91. The highest BCUT2D eigenvalue weighted by Crippen LogP contribution is 2.28. The topological polar surface area (TPSA) is 44.2 Å². The van der Waals surface area contributed by atoms with Gasteiger partial charge in [0.05, 0.1) is 0 Å². The van der Waals surface area contributed by atoms with Crippen molar-refractivity contribution >= 4 is 0 Å². The second-order valence-corrected chi connectivity index (χ2v) is 6.08. The first-order chi connectivity index (χ1) is 9.88. The highest BCUT2D eigenvalue weighted by molar-refractivity contribution is 5.35. The average Bonchev–Trinajstić information content (AvgIpc) is 2.37. The number of benzene rings is 1.